The maximum Gasteiger partial charge on any atom is 0.277 e. The number of rotatable bonds is 8. The van der Waals surface area contributed by atoms with Gasteiger partial charge >= 0.3 is 0 Å². The maximum atomic E-state index is 13.9. The number of carbonyl (C=O) groups excluding carboxylic acids is 1. The number of hydrogen-bond acceptors (Lipinski definition) is 6. The van der Waals surface area contributed by atoms with E-state index in [-0.39, 0.29) is 34.0 Å². The fourth-order valence-corrected chi connectivity index (χ4v) is 3.47. The van der Waals surface area contributed by atoms with Crippen LogP contribution in [0.5, 0.6) is 5.75 Å². The number of halogens is 2. The van der Waals surface area contributed by atoms with Gasteiger partial charge in [0.15, 0.2) is 0 Å². The summed E-state index contributed by atoms with van der Waals surface area (Å²) in [5.74, 6) is 0.364. The van der Waals surface area contributed by atoms with Gasteiger partial charge in [0.1, 0.15) is 11.6 Å². The normalized spacial score (nSPS) is 10.8. The molecule has 0 N–H and O–H groups in total. The lowest BCUT2D eigenvalue weighted by atomic mass is 10.2. The average molecular weight is 436 g/mol. The quantitative estimate of drug-likeness (QED) is 0.478. The summed E-state index contributed by atoms with van der Waals surface area (Å²) in [6, 6.07) is 11.8. The van der Waals surface area contributed by atoms with Gasteiger partial charge < -0.3 is 14.1 Å². The van der Waals surface area contributed by atoms with Crippen LogP contribution in [0.15, 0.2) is 52.1 Å². The monoisotopic (exact) mass is 435 g/mol. The van der Waals surface area contributed by atoms with E-state index in [9.17, 15) is 9.18 Å². The van der Waals surface area contributed by atoms with E-state index in [2.05, 4.69) is 10.2 Å². The summed E-state index contributed by atoms with van der Waals surface area (Å²) >= 11 is 7.13. The molecule has 152 valence electrons. The molecule has 3 aromatic rings. The van der Waals surface area contributed by atoms with Crippen molar-refractivity contribution in [2.24, 2.45) is 0 Å². The number of hydrogen-bond donors (Lipinski definition) is 0. The minimum Gasteiger partial charge on any atom is -0.493 e. The number of thioether (sulfide) groups is 1. The van der Waals surface area contributed by atoms with Gasteiger partial charge in [-0.25, -0.2) is 4.39 Å². The van der Waals surface area contributed by atoms with Crippen molar-refractivity contribution in [3.8, 4) is 17.2 Å². The molecule has 0 saturated heterocycles. The van der Waals surface area contributed by atoms with E-state index in [0.717, 1.165) is 11.8 Å². The molecule has 3 rings (SSSR count). The molecule has 1 amide bonds. The van der Waals surface area contributed by atoms with E-state index in [1.54, 1.807) is 13.1 Å². The highest BCUT2D eigenvalue weighted by Crippen LogP contribution is 2.30. The van der Waals surface area contributed by atoms with Crippen molar-refractivity contribution in [1.82, 2.24) is 15.1 Å². The lowest BCUT2D eigenvalue weighted by Crippen LogP contribution is -2.28. The van der Waals surface area contributed by atoms with Gasteiger partial charge in [-0.15, -0.1) is 10.2 Å². The van der Waals surface area contributed by atoms with Gasteiger partial charge in [0.05, 0.1) is 17.9 Å². The molecule has 2 aromatic carbocycles. The molecule has 0 atom stereocenters. The molecule has 0 bridgehead atoms. The van der Waals surface area contributed by atoms with Crippen LogP contribution >= 0.6 is 23.4 Å². The summed E-state index contributed by atoms with van der Waals surface area (Å²) in [6.07, 6.45) is 0. The predicted molar refractivity (Wildman–Crippen MR) is 110 cm³/mol. The Bertz CT molecular complexity index is 978. The summed E-state index contributed by atoms with van der Waals surface area (Å²) in [6.45, 7) is 2.48. The second-order valence-electron chi connectivity index (χ2n) is 6.04. The Morgan fingerprint density at radius 3 is 2.79 bits per heavy atom. The molecule has 9 heteroatoms. The standard InChI is InChI=1S/C20H19ClFN3O3S/c1-3-27-17-10-5-4-7-13(17)19-23-24-20(28-19)29-12-18(26)25(2)11-14-15(21)8-6-9-16(14)22/h4-10H,3,11-12H2,1-2H3. The summed E-state index contributed by atoms with van der Waals surface area (Å²) in [5.41, 5.74) is 0.967. The minimum atomic E-state index is -0.445. The molecule has 0 radical (unpaired) electrons. The molecule has 29 heavy (non-hydrogen) atoms. The van der Waals surface area contributed by atoms with E-state index in [0.29, 0.717) is 23.8 Å². The first-order chi connectivity index (χ1) is 14.0. The van der Waals surface area contributed by atoms with E-state index in [1.165, 1.54) is 17.0 Å². The summed E-state index contributed by atoms with van der Waals surface area (Å²) in [5, 5.41) is 8.56. The number of benzene rings is 2. The zero-order chi connectivity index (χ0) is 20.8. The van der Waals surface area contributed by atoms with Crippen molar-refractivity contribution in [2.45, 2.75) is 18.7 Å². The Morgan fingerprint density at radius 1 is 1.24 bits per heavy atom. The SMILES string of the molecule is CCOc1ccccc1-c1nnc(SCC(=O)N(C)Cc2c(F)cccc2Cl)o1. The van der Waals surface area contributed by atoms with Crippen molar-refractivity contribution >= 4 is 29.3 Å². The molecule has 0 aliphatic rings. The second-order valence-corrected chi connectivity index (χ2v) is 7.37. The molecular weight excluding hydrogens is 417 g/mol. The Balaban J connectivity index is 1.61. The van der Waals surface area contributed by atoms with Crippen LogP contribution in [0.3, 0.4) is 0 Å². The van der Waals surface area contributed by atoms with Gasteiger partial charge in [-0.1, -0.05) is 41.6 Å². The highest BCUT2D eigenvalue weighted by molar-refractivity contribution is 7.99. The largest absolute Gasteiger partial charge is 0.493 e. The van der Waals surface area contributed by atoms with Crippen molar-refractivity contribution < 1.29 is 18.3 Å². The molecule has 0 fully saturated rings. The summed E-state index contributed by atoms with van der Waals surface area (Å²) < 4.78 is 25.1. The van der Waals surface area contributed by atoms with E-state index < -0.39 is 5.82 Å². The Labute approximate surface area is 177 Å². The van der Waals surface area contributed by atoms with Gasteiger partial charge in [-0.05, 0) is 31.2 Å². The molecule has 6 nitrogen and oxygen atoms in total. The Kier molecular flexibility index (Phi) is 7.11. The van der Waals surface area contributed by atoms with E-state index >= 15 is 0 Å². The Hall–Kier alpha value is -2.58. The fourth-order valence-electron chi connectivity index (χ4n) is 2.54. The van der Waals surface area contributed by atoms with Crippen LogP contribution in [0.4, 0.5) is 4.39 Å². The van der Waals surface area contributed by atoms with Crippen molar-refractivity contribution in [1.29, 1.82) is 0 Å². The van der Waals surface area contributed by atoms with E-state index in [4.69, 9.17) is 20.8 Å². The maximum absolute atomic E-state index is 13.9. The third-order valence-electron chi connectivity index (χ3n) is 4.03. The fraction of sp³-hybridized carbons (Fsp3) is 0.250. The average Bonchev–Trinajstić information content (AvgIpc) is 3.18. The lowest BCUT2D eigenvalue weighted by Gasteiger charge is -2.17. The molecule has 0 saturated carbocycles. The van der Waals surface area contributed by atoms with Crippen LogP contribution in [-0.4, -0.2) is 40.4 Å². The molecule has 1 heterocycles. The smallest absolute Gasteiger partial charge is 0.277 e. The number of nitrogens with zero attached hydrogens (tertiary/aromatic N) is 3. The zero-order valence-electron chi connectivity index (χ0n) is 15.9. The highest BCUT2D eigenvalue weighted by Gasteiger charge is 2.17. The van der Waals surface area contributed by atoms with Gasteiger partial charge in [0, 0.05) is 24.2 Å². The molecular formula is C20H19ClFN3O3S. The van der Waals surface area contributed by atoms with Crippen molar-refractivity contribution in [2.75, 3.05) is 19.4 Å². The first-order valence-electron chi connectivity index (χ1n) is 8.85. The number of ether oxygens (including phenoxy) is 1. The summed E-state index contributed by atoms with van der Waals surface area (Å²) in [7, 11) is 1.59. The minimum absolute atomic E-state index is 0.0668. The van der Waals surface area contributed by atoms with Gasteiger partial charge in [-0.2, -0.15) is 0 Å². The van der Waals surface area contributed by atoms with Crippen molar-refractivity contribution in [3.05, 3.63) is 58.9 Å². The van der Waals surface area contributed by atoms with Crippen LogP contribution in [0.2, 0.25) is 5.02 Å². The molecule has 0 aliphatic carbocycles. The van der Waals surface area contributed by atoms with E-state index in [1.807, 2.05) is 31.2 Å². The highest BCUT2D eigenvalue weighted by atomic mass is 35.5. The van der Waals surface area contributed by atoms with Crippen LogP contribution in [-0.2, 0) is 11.3 Å². The number of amides is 1. The van der Waals surface area contributed by atoms with Crippen LogP contribution in [0.25, 0.3) is 11.5 Å². The van der Waals surface area contributed by atoms with Gasteiger partial charge in [-0.3, -0.25) is 4.79 Å². The summed E-state index contributed by atoms with van der Waals surface area (Å²) in [4.78, 5) is 13.8. The zero-order valence-corrected chi connectivity index (χ0v) is 17.5. The molecule has 1 aromatic heterocycles. The lowest BCUT2D eigenvalue weighted by molar-refractivity contribution is -0.127. The molecule has 0 spiro atoms. The first kappa shape index (κ1) is 21.1. The second kappa shape index (κ2) is 9.76. The van der Waals surface area contributed by atoms with Gasteiger partial charge in [0.25, 0.3) is 11.1 Å². The topological polar surface area (TPSA) is 68.5 Å². The Morgan fingerprint density at radius 2 is 2.03 bits per heavy atom. The van der Waals surface area contributed by atoms with Crippen LogP contribution in [0, 0.1) is 5.82 Å². The van der Waals surface area contributed by atoms with Crippen molar-refractivity contribution in [3.63, 3.8) is 0 Å². The van der Waals surface area contributed by atoms with Crippen LogP contribution < -0.4 is 4.74 Å². The number of carbonyl (C=O) groups is 1. The number of aromatic nitrogens is 2. The number of para-hydroxylation sites is 1. The molecule has 0 aliphatic heterocycles. The third kappa shape index (κ3) is 5.27. The first-order valence-corrected chi connectivity index (χ1v) is 10.2. The van der Waals surface area contributed by atoms with Gasteiger partial charge in [0.2, 0.25) is 5.91 Å². The predicted octanol–water partition coefficient (Wildman–Crippen LogP) is 4.68. The molecule has 0 unspecified atom stereocenters. The van der Waals surface area contributed by atoms with Crippen LogP contribution in [0.1, 0.15) is 12.5 Å². The third-order valence-corrected chi connectivity index (χ3v) is 5.18.